The number of benzene rings is 1. The van der Waals surface area contributed by atoms with Gasteiger partial charge in [-0.15, -0.1) is 0 Å². The normalized spacial score (nSPS) is 12.4. The SMILES string of the molecule is CCNC(CCO)COc1ccc(C)cc1. The minimum absolute atomic E-state index is 0.189. The molecule has 0 fully saturated rings. The Balaban J connectivity index is 2.38. The van der Waals surface area contributed by atoms with E-state index in [1.54, 1.807) is 0 Å². The van der Waals surface area contributed by atoms with Gasteiger partial charge in [-0.05, 0) is 32.0 Å². The lowest BCUT2D eigenvalue weighted by Gasteiger charge is -2.17. The fourth-order valence-electron chi connectivity index (χ4n) is 1.52. The zero-order valence-electron chi connectivity index (χ0n) is 10.1. The van der Waals surface area contributed by atoms with E-state index in [1.807, 2.05) is 24.3 Å². The Labute approximate surface area is 97.4 Å². The van der Waals surface area contributed by atoms with E-state index in [0.29, 0.717) is 6.61 Å². The number of hydrogen-bond acceptors (Lipinski definition) is 3. The highest BCUT2D eigenvalue weighted by Gasteiger charge is 2.06. The van der Waals surface area contributed by atoms with Gasteiger partial charge in [-0.1, -0.05) is 24.6 Å². The Kier molecular flexibility index (Phi) is 5.90. The summed E-state index contributed by atoms with van der Waals surface area (Å²) < 4.78 is 5.65. The maximum atomic E-state index is 8.90. The Morgan fingerprint density at radius 2 is 2.00 bits per heavy atom. The maximum absolute atomic E-state index is 8.90. The molecule has 0 radical (unpaired) electrons. The first-order valence-corrected chi connectivity index (χ1v) is 5.80. The predicted molar refractivity (Wildman–Crippen MR) is 65.8 cm³/mol. The highest BCUT2D eigenvalue weighted by Crippen LogP contribution is 2.11. The molecule has 90 valence electrons. The zero-order valence-corrected chi connectivity index (χ0v) is 10.1. The molecule has 3 heteroatoms. The van der Waals surface area contributed by atoms with E-state index in [0.717, 1.165) is 18.7 Å². The molecule has 0 aromatic heterocycles. The molecule has 0 saturated heterocycles. The molecule has 0 aliphatic carbocycles. The van der Waals surface area contributed by atoms with Crippen LogP contribution in [-0.4, -0.2) is 30.9 Å². The molecule has 1 aromatic carbocycles. The lowest BCUT2D eigenvalue weighted by molar-refractivity contribution is 0.215. The molecule has 0 bridgehead atoms. The molecular formula is C13H21NO2. The maximum Gasteiger partial charge on any atom is 0.119 e. The first-order chi connectivity index (χ1) is 7.76. The van der Waals surface area contributed by atoms with E-state index in [1.165, 1.54) is 5.56 Å². The standard InChI is InChI=1S/C13H21NO2/c1-3-14-12(8-9-15)10-16-13-6-4-11(2)5-7-13/h4-7,12,14-15H,3,8-10H2,1-2H3. The van der Waals surface area contributed by atoms with Crippen LogP contribution in [0.25, 0.3) is 0 Å². The smallest absolute Gasteiger partial charge is 0.119 e. The molecule has 1 atom stereocenters. The van der Waals surface area contributed by atoms with Crippen LogP contribution < -0.4 is 10.1 Å². The van der Waals surface area contributed by atoms with Crippen LogP contribution in [0, 0.1) is 6.92 Å². The van der Waals surface area contributed by atoms with Crippen molar-refractivity contribution in [1.82, 2.24) is 5.32 Å². The molecule has 0 saturated carbocycles. The summed E-state index contributed by atoms with van der Waals surface area (Å²) in [5.41, 5.74) is 1.23. The molecule has 1 rings (SSSR count). The van der Waals surface area contributed by atoms with Gasteiger partial charge in [0, 0.05) is 12.6 Å². The summed E-state index contributed by atoms with van der Waals surface area (Å²) in [7, 11) is 0. The average Bonchev–Trinajstić information content (AvgIpc) is 2.29. The summed E-state index contributed by atoms with van der Waals surface area (Å²) in [6.45, 7) is 5.78. The van der Waals surface area contributed by atoms with Crippen molar-refractivity contribution in [1.29, 1.82) is 0 Å². The Hall–Kier alpha value is -1.06. The second-order valence-electron chi connectivity index (χ2n) is 3.89. The monoisotopic (exact) mass is 223 g/mol. The van der Waals surface area contributed by atoms with Gasteiger partial charge in [-0.25, -0.2) is 0 Å². The van der Waals surface area contributed by atoms with Gasteiger partial charge in [0.1, 0.15) is 12.4 Å². The van der Waals surface area contributed by atoms with Crippen molar-refractivity contribution in [3.8, 4) is 5.75 Å². The van der Waals surface area contributed by atoms with Gasteiger partial charge in [0.05, 0.1) is 0 Å². The molecule has 0 aliphatic heterocycles. The number of ether oxygens (including phenoxy) is 1. The summed E-state index contributed by atoms with van der Waals surface area (Å²) in [5.74, 6) is 0.881. The van der Waals surface area contributed by atoms with E-state index in [9.17, 15) is 0 Å². The van der Waals surface area contributed by atoms with Gasteiger partial charge in [0.2, 0.25) is 0 Å². The molecule has 0 aliphatic rings. The minimum atomic E-state index is 0.189. The Bertz CT molecular complexity index is 278. The molecular weight excluding hydrogens is 202 g/mol. The average molecular weight is 223 g/mol. The topological polar surface area (TPSA) is 41.5 Å². The molecule has 3 nitrogen and oxygen atoms in total. The van der Waals surface area contributed by atoms with Crippen LogP contribution in [0.1, 0.15) is 18.9 Å². The molecule has 0 amide bonds. The zero-order chi connectivity index (χ0) is 11.8. The molecule has 16 heavy (non-hydrogen) atoms. The van der Waals surface area contributed by atoms with Crippen LogP contribution in [0.3, 0.4) is 0 Å². The third kappa shape index (κ3) is 4.64. The van der Waals surface area contributed by atoms with Crippen molar-refractivity contribution < 1.29 is 9.84 Å². The number of likely N-dealkylation sites (N-methyl/N-ethyl adjacent to an activating group) is 1. The van der Waals surface area contributed by atoms with Crippen LogP contribution in [0.2, 0.25) is 0 Å². The molecule has 1 unspecified atom stereocenters. The summed E-state index contributed by atoms with van der Waals surface area (Å²) in [6.07, 6.45) is 0.722. The summed E-state index contributed by atoms with van der Waals surface area (Å²) in [6, 6.07) is 8.22. The highest BCUT2D eigenvalue weighted by atomic mass is 16.5. The number of hydrogen-bond donors (Lipinski definition) is 2. The largest absolute Gasteiger partial charge is 0.492 e. The minimum Gasteiger partial charge on any atom is -0.492 e. The number of aliphatic hydroxyl groups excluding tert-OH is 1. The van der Waals surface area contributed by atoms with Crippen molar-refractivity contribution in [2.24, 2.45) is 0 Å². The fourth-order valence-corrected chi connectivity index (χ4v) is 1.52. The van der Waals surface area contributed by atoms with Crippen LogP contribution >= 0.6 is 0 Å². The first-order valence-electron chi connectivity index (χ1n) is 5.80. The number of rotatable bonds is 7. The third-order valence-corrected chi connectivity index (χ3v) is 2.44. The van der Waals surface area contributed by atoms with E-state index in [4.69, 9.17) is 9.84 Å². The second kappa shape index (κ2) is 7.25. The van der Waals surface area contributed by atoms with E-state index in [2.05, 4.69) is 19.2 Å². The van der Waals surface area contributed by atoms with Gasteiger partial charge >= 0.3 is 0 Å². The third-order valence-electron chi connectivity index (χ3n) is 2.44. The highest BCUT2D eigenvalue weighted by molar-refractivity contribution is 5.26. The number of aryl methyl sites for hydroxylation is 1. The van der Waals surface area contributed by atoms with Crippen molar-refractivity contribution in [3.05, 3.63) is 29.8 Å². The van der Waals surface area contributed by atoms with Crippen molar-refractivity contribution in [2.45, 2.75) is 26.3 Å². The van der Waals surface area contributed by atoms with E-state index >= 15 is 0 Å². The van der Waals surface area contributed by atoms with Gasteiger partial charge in [-0.2, -0.15) is 0 Å². The Morgan fingerprint density at radius 1 is 1.31 bits per heavy atom. The lowest BCUT2D eigenvalue weighted by atomic mass is 10.2. The van der Waals surface area contributed by atoms with Gasteiger partial charge in [0.15, 0.2) is 0 Å². The van der Waals surface area contributed by atoms with Crippen LogP contribution in [0.4, 0.5) is 0 Å². The van der Waals surface area contributed by atoms with Gasteiger partial charge < -0.3 is 15.2 Å². The predicted octanol–water partition coefficient (Wildman–Crippen LogP) is 1.73. The fraction of sp³-hybridized carbons (Fsp3) is 0.538. The van der Waals surface area contributed by atoms with Crippen molar-refractivity contribution >= 4 is 0 Å². The van der Waals surface area contributed by atoms with Crippen LogP contribution in [0.5, 0.6) is 5.75 Å². The molecule has 0 spiro atoms. The van der Waals surface area contributed by atoms with Crippen molar-refractivity contribution in [2.75, 3.05) is 19.8 Å². The summed E-state index contributed by atoms with van der Waals surface area (Å²) in [4.78, 5) is 0. The van der Waals surface area contributed by atoms with Crippen molar-refractivity contribution in [3.63, 3.8) is 0 Å². The molecule has 2 N–H and O–H groups in total. The number of aliphatic hydroxyl groups is 1. The van der Waals surface area contributed by atoms with Gasteiger partial charge in [0.25, 0.3) is 0 Å². The number of nitrogens with one attached hydrogen (secondary N) is 1. The molecule has 0 heterocycles. The van der Waals surface area contributed by atoms with Crippen LogP contribution in [0.15, 0.2) is 24.3 Å². The first kappa shape index (κ1) is 13.0. The van der Waals surface area contributed by atoms with Crippen LogP contribution in [-0.2, 0) is 0 Å². The lowest BCUT2D eigenvalue weighted by Crippen LogP contribution is -2.35. The van der Waals surface area contributed by atoms with E-state index < -0.39 is 0 Å². The summed E-state index contributed by atoms with van der Waals surface area (Å²) >= 11 is 0. The van der Waals surface area contributed by atoms with E-state index in [-0.39, 0.29) is 12.6 Å². The Morgan fingerprint density at radius 3 is 2.56 bits per heavy atom. The molecule has 1 aromatic rings. The second-order valence-corrected chi connectivity index (χ2v) is 3.89. The quantitative estimate of drug-likeness (QED) is 0.739. The van der Waals surface area contributed by atoms with Gasteiger partial charge in [-0.3, -0.25) is 0 Å². The summed E-state index contributed by atoms with van der Waals surface area (Å²) in [5, 5.41) is 12.2.